The quantitative estimate of drug-likeness (QED) is 0.611. The van der Waals surface area contributed by atoms with Gasteiger partial charge in [0.2, 0.25) is 5.91 Å². The molecule has 0 spiro atoms. The summed E-state index contributed by atoms with van der Waals surface area (Å²) in [5, 5.41) is 6.06. The van der Waals surface area contributed by atoms with E-state index >= 15 is 0 Å². The van der Waals surface area contributed by atoms with Crippen LogP contribution in [-0.4, -0.2) is 52.0 Å². The van der Waals surface area contributed by atoms with Gasteiger partial charge in [0.05, 0.1) is 12.7 Å². The van der Waals surface area contributed by atoms with E-state index in [1.165, 1.54) is 0 Å². The van der Waals surface area contributed by atoms with Gasteiger partial charge in [-0.3, -0.25) is 4.79 Å². The molecule has 0 aromatic carbocycles. The summed E-state index contributed by atoms with van der Waals surface area (Å²) in [5.41, 5.74) is 0. The van der Waals surface area contributed by atoms with Crippen LogP contribution < -0.4 is 10.6 Å². The van der Waals surface area contributed by atoms with Crippen LogP contribution in [-0.2, 0) is 14.3 Å². The molecule has 1 aliphatic rings. The molecule has 1 amide bonds. The fourth-order valence-corrected chi connectivity index (χ4v) is 1.84. The van der Waals surface area contributed by atoms with Crippen molar-refractivity contribution in [2.45, 2.75) is 31.8 Å². The minimum atomic E-state index is 0. The summed E-state index contributed by atoms with van der Waals surface area (Å²) in [6.07, 6.45) is 3.97. The smallest absolute Gasteiger partial charge is 0.220 e. The number of amides is 1. The summed E-state index contributed by atoms with van der Waals surface area (Å²) in [7, 11) is 1.68. The summed E-state index contributed by atoms with van der Waals surface area (Å²) in [4.78, 5) is 11.5. The van der Waals surface area contributed by atoms with Gasteiger partial charge in [0.25, 0.3) is 0 Å². The van der Waals surface area contributed by atoms with Crippen LogP contribution in [0.15, 0.2) is 0 Å². The molecule has 0 saturated carbocycles. The first-order chi connectivity index (χ1) is 8.33. The first kappa shape index (κ1) is 17.6. The van der Waals surface area contributed by atoms with Gasteiger partial charge in [-0.25, -0.2) is 0 Å². The second kappa shape index (κ2) is 11.7. The minimum Gasteiger partial charge on any atom is -0.383 e. The lowest BCUT2D eigenvalue weighted by Crippen LogP contribution is -2.33. The van der Waals surface area contributed by atoms with Gasteiger partial charge >= 0.3 is 0 Å². The molecule has 0 aliphatic carbocycles. The molecule has 108 valence electrons. The first-order valence-electron chi connectivity index (χ1n) is 6.41. The third-order valence-electron chi connectivity index (χ3n) is 2.82. The zero-order valence-electron chi connectivity index (χ0n) is 11.1. The molecule has 1 unspecified atom stereocenters. The molecule has 0 bridgehead atoms. The molecule has 1 rings (SSSR count). The Balaban J connectivity index is 0.00000289. The topological polar surface area (TPSA) is 59.6 Å². The number of halogens is 1. The standard InChI is InChI=1S/C12H24N2O3.ClH/c1-16-10-8-13-6-7-14-12(15)5-4-11-3-2-9-17-11;/h11,13H,2-10H2,1H3,(H,14,15);1H. The maximum atomic E-state index is 11.5. The summed E-state index contributed by atoms with van der Waals surface area (Å²) >= 11 is 0. The van der Waals surface area contributed by atoms with Crippen LogP contribution in [0.1, 0.15) is 25.7 Å². The molecule has 1 heterocycles. The lowest BCUT2D eigenvalue weighted by atomic mass is 10.1. The second-order valence-corrected chi connectivity index (χ2v) is 4.27. The van der Waals surface area contributed by atoms with Gasteiger partial charge in [0.15, 0.2) is 0 Å². The maximum Gasteiger partial charge on any atom is 0.220 e. The molecule has 2 N–H and O–H groups in total. The van der Waals surface area contributed by atoms with E-state index in [0.717, 1.165) is 39.0 Å². The predicted octanol–water partition coefficient (Wildman–Crippen LogP) is 0.720. The largest absolute Gasteiger partial charge is 0.383 e. The lowest BCUT2D eigenvalue weighted by Gasteiger charge is -2.09. The molecule has 1 aliphatic heterocycles. The SMILES string of the molecule is COCCNCCNC(=O)CCC1CCCO1.Cl. The van der Waals surface area contributed by atoms with E-state index in [1.54, 1.807) is 7.11 Å². The summed E-state index contributed by atoms with van der Waals surface area (Å²) in [6.45, 7) is 3.84. The monoisotopic (exact) mass is 280 g/mol. The maximum absolute atomic E-state index is 11.5. The normalized spacial score (nSPS) is 18.4. The van der Waals surface area contributed by atoms with Crippen molar-refractivity contribution in [1.29, 1.82) is 0 Å². The number of rotatable bonds is 9. The average molecular weight is 281 g/mol. The Labute approximate surface area is 115 Å². The van der Waals surface area contributed by atoms with Crippen molar-refractivity contribution in [2.24, 2.45) is 0 Å². The van der Waals surface area contributed by atoms with E-state index in [4.69, 9.17) is 9.47 Å². The number of nitrogens with one attached hydrogen (secondary N) is 2. The molecule has 6 heteroatoms. The predicted molar refractivity (Wildman–Crippen MR) is 73.2 cm³/mol. The Morgan fingerprint density at radius 1 is 1.39 bits per heavy atom. The summed E-state index contributed by atoms with van der Waals surface area (Å²) in [6, 6.07) is 0. The van der Waals surface area contributed by atoms with Gasteiger partial charge < -0.3 is 20.1 Å². The molecular weight excluding hydrogens is 256 g/mol. The molecule has 0 aromatic rings. The molecule has 1 fully saturated rings. The number of carbonyl (C=O) groups excluding carboxylic acids is 1. The number of carbonyl (C=O) groups is 1. The molecule has 0 aromatic heterocycles. The third-order valence-corrected chi connectivity index (χ3v) is 2.82. The Kier molecular flexibility index (Phi) is 11.5. The van der Waals surface area contributed by atoms with E-state index < -0.39 is 0 Å². The number of hydrogen-bond acceptors (Lipinski definition) is 4. The lowest BCUT2D eigenvalue weighted by molar-refractivity contribution is -0.121. The van der Waals surface area contributed by atoms with E-state index in [2.05, 4.69) is 10.6 Å². The van der Waals surface area contributed by atoms with Gasteiger partial charge in [-0.1, -0.05) is 0 Å². The van der Waals surface area contributed by atoms with Gasteiger partial charge in [0, 0.05) is 39.8 Å². The Morgan fingerprint density at radius 3 is 2.89 bits per heavy atom. The van der Waals surface area contributed by atoms with Gasteiger partial charge in [-0.05, 0) is 19.3 Å². The van der Waals surface area contributed by atoms with Crippen LogP contribution in [0.25, 0.3) is 0 Å². The highest BCUT2D eigenvalue weighted by atomic mass is 35.5. The van der Waals surface area contributed by atoms with Crippen LogP contribution in [0.5, 0.6) is 0 Å². The van der Waals surface area contributed by atoms with E-state index in [9.17, 15) is 4.79 Å². The van der Waals surface area contributed by atoms with Crippen LogP contribution in [0.3, 0.4) is 0 Å². The van der Waals surface area contributed by atoms with Crippen LogP contribution in [0, 0.1) is 0 Å². The number of methoxy groups -OCH3 is 1. The zero-order chi connectivity index (χ0) is 12.3. The van der Waals surface area contributed by atoms with Crippen LogP contribution >= 0.6 is 12.4 Å². The van der Waals surface area contributed by atoms with E-state index in [1.807, 2.05) is 0 Å². The Bertz CT molecular complexity index is 211. The molecule has 1 atom stereocenters. The van der Waals surface area contributed by atoms with Crippen molar-refractivity contribution in [1.82, 2.24) is 10.6 Å². The zero-order valence-corrected chi connectivity index (χ0v) is 11.9. The van der Waals surface area contributed by atoms with Crippen molar-refractivity contribution in [3.8, 4) is 0 Å². The van der Waals surface area contributed by atoms with Crippen molar-refractivity contribution in [3.63, 3.8) is 0 Å². The van der Waals surface area contributed by atoms with Crippen molar-refractivity contribution in [3.05, 3.63) is 0 Å². The highest BCUT2D eigenvalue weighted by Crippen LogP contribution is 2.16. The van der Waals surface area contributed by atoms with Gasteiger partial charge in [-0.15, -0.1) is 12.4 Å². The van der Waals surface area contributed by atoms with E-state index in [-0.39, 0.29) is 18.3 Å². The van der Waals surface area contributed by atoms with Crippen molar-refractivity contribution < 1.29 is 14.3 Å². The average Bonchev–Trinajstić information content (AvgIpc) is 2.84. The summed E-state index contributed by atoms with van der Waals surface area (Å²) in [5.74, 6) is 0.119. The Morgan fingerprint density at radius 2 is 2.22 bits per heavy atom. The first-order valence-corrected chi connectivity index (χ1v) is 6.41. The molecular formula is C12H25ClN2O3. The highest BCUT2D eigenvalue weighted by Gasteiger charge is 2.16. The highest BCUT2D eigenvalue weighted by molar-refractivity contribution is 5.85. The van der Waals surface area contributed by atoms with Crippen molar-refractivity contribution in [2.75, 3.05) is 40.0 Å². The van der Waals surface area contributed by atoms with Gasteiger partial charge in [0.1, 0.15) is 0 Å². The minimum absolute atomic E-state index is 0. The van der Waals surface area contributed by atoms with Crippen LogP contribution in [0.2, 0.25) is 0 Å². The fraction of sp³-hybridized carbons (Fsp3) is 0.917. The Hall–Kier alpha value is -0.360. The molecule has 18 heavy (non-hydrogen) atoms. The fourth-order valence-electron chi connectivity index (χ4n) is 1.84. The van der Waals surface area contributed by atoms with Gasteiger partial charge in [-0.2, -0.15) is 0 Å². The summed E-state index contributed by atoms with van der Waals surface area (Å²) < 4.78 is 10.4. The number of ether oxygens (including phenoxy) is 2. The molecule has 1 saturated heterocycles. The molecule has 5 nitrogen and oxygen atoms in total. The second-order valence-electron chi connectivity index (χ2n) is 4.27. The van der Waals surface area contributed by atoms with E-state index in [0.29, 0.717) is 25.7 Å². The van der Waals surface area contributed by atoms with Crippen LogP contribution in [0.4, 0.5) is 0 Å². The third kappa shape index (κ3) is 8.69. The molecule has 0 radical (unpaired) electrons. The van der Waals surface area contributed by atoms with Crippen molar-refractivity contribution >= 4 is 18.3 Å². The number of hydrogen-bond donors (Lipinski definition) is 2.